The van der Waals surface area contributed by atoms with E-state index in [1.807, 2.05) is 0 Å². The van der Waals surface area contributed by atoms with Crippen molar-refractivity contribution in [1.29, 1.82) is 0 Å². The second kappa shape index (κ2) is 6.03. The standard InChI is InChI=1S/C14H14N2O4/c1-19-8-9-6-7-12(20-9)14(18)16-11-5-3-2-4-10(11)13(15)17/h2-7H,8H2,1H3,(H2,15,17)(H,16,18). The van der Waals surface area contributed by atoms with E-state index in [1.165, 1.54) is 19.2 Å². The Hall–Kier alpha value is -2.60. The third-order valence-corrected chi connectivity index (χ3v) is 2.61. The van der Waals surface area contributed by atoms with E-state index in [2.05, 4.69) is 5.32 Å². The first-order valence-corrected chi connectivity index (χ1v) is 5.89. The molecule has 104 valence electrons. The van der Waals surface area contributed by atoms with Crippen LogP contribution in [0, 0.1) is 0 Å². The lowest BCUT2D eigenvalue weighted by Crippen LogP contribution is -2.17. The van der Waals surface area contributed by atoms with Gasteiger partial charge in [0, 0.05) is 7.11 Å². The average Bonchev–Trinajstić information content (AvgIpc) is 2.88. The van der Waals surface area contributed by atoms with Crippen LogP contribution in [-0.2, 0) is 11.3 Å². The number of hydrogen-bond donors (Lipinski definition) is 2. The number of furan rings is 1. The van der Waals surface area contributed by atoms with E-state index in [9.17, 15) is 9.59 Å². The quantitative estimate of drug-likeness (QED) is 0.868. The van der Waals surface area contributed by atoms with Crippen LogP contribution in [0.4, 0.5) is 5.69 Å². The highest BCUT2D eigenvalue weighted by Crippen LogP contribution is 2.16. The van der Waals surface area contributed by atoms with E-state index in [0.717, 1.165) is 0 Å². The maximum atomic E-state index is 12.0. The van der Waals surface area contributed by atoms with Crippen LogP contribution in [0.1, 0.15) is 26.7 Å². The monoisotopic (exact) mass is 274 g/mol. The maximum absolute atomic E-state index is 12.0. The minimum Gasteiger partial charge on any atom is -0.453 e. The van der Waals surface area contributed by atoms with Crippen molar-refractivity contribution in [2.45, 2.75) is 6.61 Å². The van der Waals surface area contributed by atoms with Crippen molar-refractivity contribution in [3.63, 3.8) is 0 Å². The molecule has 0 saturated carbocycles. The Morgan fingerprint density at radius 2 is 2.00 bits per heavy atom. The number of nitrogens with two attached hydrogens (primary N) is 1. The molecule has 20 heavy (non-hydrogen) atoms. The summed E-state index contributed by atoms with van der Waals surface area (Å²) in [5.41, 5.74) is 5.83. The number of nitrogens with one attached hydrogen (secondary N) is 1. The second-order valence-electron chi connectivity index (χ2n) is 4.06. The van der Waals surface area contributed by atoms with Gasteiger partial charge >= 0.3 is 0 Å². The van der Waals surface area contributed by atoms with Crippen molar-refractivity contribution in [1.82, 2.24) is 0 Å². The summed E-state index contributed by atoms with van der Waals surface area (Å²) in [6, 6.07) is 9.68. The molecule has 0 atom stereocenters. The van der Waals surface area contributed by atoms with Crippen LogP contribution in [0.2, 0.25) is 0 Å². The third kappa shape index (κ3) is 3.04. The molecule has 1 aromatic carbocycles. The van der Waals surface area contributed by atoms with Gasteiger partial charge in [0.05, 0.1) is 11.3 Å². The predicted molar refractivity (Wildman–Crippen MR) is 72.3 cm³/mol. The van der Waals surface area contributed by atoms with Crippen molar-refractivity contribution in [2.75, 3.05) is 12.4 Å². The van der Waals surface area contributed by atoms with Gasteiger partial charge in [-0.3, -0.25) is 9.59 Å². The second-order valence-corrected chi connectivity index (χ2v) is 4.06. The first-order valence-electron chi connectivity index (χ1n) is 5.89. The van der Waals surface area contributed by atoms with Crippen molar-refractivity contribution in [3.05, 3.63) is 53.5 Å². The fraction of sp³-hybridized carbons (Fsp3) is 0.143. The Bertz CT molecular complexity index is 634. The molecule has 0 aliphatic rings. The van der Waals surface area contributed by atoms with Crippen LogP contribution in [0.5, 0.6) is 0 Å². The largest absolute Gasteiger partial charge is 0.453 e. The molecule has 1 aromatic heterocycles. The van der Waals surface area contributed by atoms with Gasteiger partial charge in [0.2, 0.25) is 0 Å². The van der Waals surface area contributed by atoms with E-state index in [-0.39, 0.29) is 17.9 Å². The molecule has 0 spiro atoms. The topological polar surface area (TPSA) is 94.6 Å². The smallest absolute Gasteiger partial charge is 0.291 e. The highest BCUT2D eigenvalue weighted by atomic mass is 16.5. The van der Waals surface area contributed by atoms with Gasteiger partial charge in [0.25, 0.3) is 11.8 Å². The van der Waals surface area contributed by atoms with Gasteiger partial charge in [-0.2, -0.15) is 0 Å². The number of ether oxygens (including phenoxy) is 1. The van der Waals surface area contributed by atoms with Gasteiger partial charge in [-0.1, -0.05) is 12.1 Å². The minimum absolute atomic E-state index is 0.135. The Balaban J connectivity index is 2.17. The number of carbonyl (C=O) groups excluding carboxylic acids is 2. The van der Waals surface area contributed by atoms with Gasteiger partial charge in [0.15, 0.2) is 5.76 Å². The first-order chi connectivity index (χ1) is 9.61. The number of benzene rings is 1. The van der Waals surface area contributed by atoms with Crippen LogP contribution >= 0.6 is 0 Å². The van der Waals surface area contributed by atoms with E-state index < -0.39 is 11.8 Å². The van der Waals surface area contributed by atoms with E-state index >= 15 is 0 Å². The number of amides is 2. The number of para-hydroxylation sites is 1. The number of methoxy groups -OCH3 is 1. The zero-order valence-corrected chi connectivity index (χ0v) is 10.9. The van der Waals surface area contributed by atoms with E-state index in [4.69, 9.17) is 14.9 Å². The molecule has 0 bridgehead atoms. The van der Waals surface area contributed by atoms with Crippen LogP contribution in [0.3, 0.4) is 0 Å². The number of carbonyl (C=O) groups is 2. The van der Waals surface area contributed by atoms with Crippen molar-refractivity contribution < 1.29 is 18.7 Å². The fourth-order valence-corrected chi connectivity index (χ4v) is 1.71. The SMILES string of the molecule is COCc1ccc(C(=O)Nc2ccccc2C(N)=O)o1. The Morgan fingerprint density at radius 3 is 2.70 bits per heavy atom. The highest BCUT2D eigenvalue weighted by molar-refractivity contribution is 6.07. The maximum Gasteiger partial charge on any atom is 0.291 e. The van der Waals surface area contributed by atoms with Gasteiger partial charge in [-0.05, 0) is 24.3 Å². The van der Waals surface area contributed by atoms with Gasteiger partial charge in [-0.15, -0.1) is 0 Å². The summed E-state index contributed by atoms with van der Waals surface area (Å²) in [5, 5.41) is 2.59. The molecule has 6 heteroatoms. The molecule has 1 heterocycles. The number of primary amides is 1. The third-order valence-electron chi connectivity index (χ3n) is 2.61. The normalized spacial score (nSPS) is 10.2. The first kappa shape index (κ1) is 13.8. The van der Waals surface area contributed by atoms with Crippen LogP contribution in [0.25, 0.3) is 0 Å². The lowest BCUT2D eigenvalue weighted by atomic mass is 10.1. The Morgan fingerprint density at radius 1 is 1.25 bits per heavy atom. The summed E-state index contributed by atoms with van der Waals surface area (Å²) < 4.78 is 10.2. The molecule has 0 unspecified atom stereocenters. The van der Waals surface area contributed by atoms with Crippen molar-refractivity contribution >= 4 is 17.5 Å². The number of hydrogen-bond acceptors (Lipinski definition) is 4. The van der Waals surface area contributed by atoms with Gasteiger partial charge in [-0.25, -0.2) is 0 Å². The van der Waals surface area contributed by atoms with E-state index in [1.54, 1.807) is 24.3 Å². The van der Waals surface area contributed by atoms with Crippen LogP contribution in [-0.4, -0.2) is 18.9 Å². The van der Waals surface area contributed by atoms with E-state index in [0.29, 0.717) is 11.4 Å². The number of rotatable bonds is 5. The zero-order chi connectivity index (χ0) is 14.5. The fourth-order valence-electron chi connectivity index (χ4n) is 1.71. The summed E-state index contributed by atoms with van der Waals surface area (Å²) in [7, 11) is 1.53. The molecule has 0 radical (unpaired) electrons. The average molecular weight is 274 g/mol. The molecular formula is C14H14N2O4. The Kier molecular flexibility index (Phi) is 4.17. The highest BCUT2D eigenvalue weighted by Gasteiger charge is 2.14. The lowest BCUT2D eigenvalue weighted by molar-refractivity contribution is 0.0987. The van der Waals surface area contributed by atoms with Gasteiger partial charge in [0.1, 0.15) is 12.4 Å². The minimum atomic E-state index is -0.611. The van der Waals surface area contributed by atoms with Crippen molar-refractivity contribution in [2.24, 2.45) is 5.73 Å². The zero-order valence-electron chi connectivity index (χ0n) is 10.9. The summed E-state index contributed by atoms with van der Waals surface area (Å²) >= 11 is 0. The molecule has 2 amide bonds. The molecule has 0 fully saturated rings. The molecule has 0 saturated heterocycles. The summed E-state index contributed by atoms with van der Waals surface area (Å²) in [6.45, 7) is 0.283. The van der Waals surface area contributed by atoms with Gasteiger partial charge < -0.3 is 20.2 Å². The molecule has 0 aliphatic carbocycles. The molecule has 2 rings (SSSR count). The predicted octanol–water partition coefficient (Wildman–Crippen LogP) is 1.78. The molecule has 3 N–H and O–H groups in total. The van der Waals surface area contributed by atoms with Crippen LogP contribution < -0.4 is 11.1 Å². The molecule has 0 aliphatic heterocycles. The summed E-state index contributed by atoms with van der Waals surface area (Å²) in [5.74, 6) is -0.390. The summed E-state index contributed by atoms with van der Waals surface area (Å²) in [4.78, 5) is 23.3. The Labute approximate surface area is 115 Å². The molecule has 2 aromatic rings. The van der Waals surface area contributed by atoms with Crippen molar-refractivity contribution in [3.8, 4) is 0 Å². The molecule has 6 nitrogen and oxygen atoms in total. The van der Waals surface area contributed by atoms with Crippen LogP contribution in [0.15, 0.2) is 40.8 Å². The molecular weight excluding hydrogens is 260 g/mol. The lowest BCUT2D eigenvalue weighted by Gasteiger charge is -2.07. The number of anilines is 1. The summed E-state index contributed by atoms with van der Waals surface area (Å²) in [6.07, 6.45) is 0.